The molecule has 1 fully saturated rings. The van der Waals surface area contributed by atoms with Crippen LogP contribution in [0.1, 0.15) is 44.7 Å². The molecule has 1 N–H and O–H groups in total. The van der Waals surface area contributed by atoms with Gasteiger partial charge in [-0.3, -0.25) is 24.5 Å². The van der Waals surface area contributed by atoms with Gasteiger partial charge in [0.05, 0.1) is 15.7 Å². The highest BCUT2D eigenvalue weighted by atomic mass is 32.1. The summed E-state index contributed by atoms with van der Waals surface area (Å²) in [4.78, 5) is 54.9. The number of hydrogen-bond donors (Lipinski definition) is 1. The number of aromatic nitrogens is 1. The van der Waals surface area contributed by atoms with Crippen molar-refractivity contribution < 1.29 is 19.2 Å². The van der Waals surface area contributed by atoms with Crippen molar-refractivity contribution in [3.63, 3.8) is 0 Å². The number of thiazole rings is 1. The maximum atomic E-state index is 12.9. The van der Waals surface area contributed by atoms with E-state index >= 15 is 0 Å². The van der Waals surface area contributed by atoms with E-state index in [2.05, 4.69) is 10.3 Å². The van der Waals surface area contributed by atoms with Crippen molar-refractivity contribution in [1.82, 2.24) is 15.2 Å². The minimum absolute atomic E-state index is 0.130. The third-order valence-corrected chi connectivity index (χ3v) is 6.17. The molecule has 3 heterocycles. The second-order valence-corrected chi connectivity index (χ2v) is 8.02. The van der Waals surface area contributed by atoms with Gasteiger partial charge >= 0.3 is 0 Å². The molecule has 2 aromatic carbocycles. The summed E-state index contributed by atoms with van der Waals surface area (Å²) in [5.74, 6) is -1.15. The fraction of sp³-hybridized carbons (Fsp3) is 0.190. The third kappa shape index (κ3) is 2.92. The summed E-state index contributed by atoms with van der Waals surface area (Å²) in [6, 6.07) is 9.73. The van der Waals surface area contributed by atoms with E-state index < -0.39 is 11.9 Å². The summed E-state index contributed by atoms with van der Waals surface area (Å²) >= 11 is 1.47. The first kappa shape index (κ1) is 17.7. The zero-order valence-corrected chi connectivity index (χ0v) is 16.0. The van der Waals surface area contributed by atoms with Gasteiger partial charge in [-0.15, -0.1) is 11.3 Å². The Balaban J connectivity index is 1.42. The van der Waals surface area contributed by atoms with Gasteiger partial charge in [-0.1, -0.05) is 6.07 Å². The number of carbonyl (C=O) groups excluding carboxylic acids is 4. The van der Waals surface area contributed by atoms with Gasteiger partial charge < -0.3 is 4.90 Å². The van der Waals surface area contributed by atoms with Crippen molar-refractivity contribution >= 4 is 45.1 Å². The van der Waals surface area contributed by atoms with Gasteiger partial charge in [-0.2, -0.15) is 0 Å². The third-order valence-electron chi connectivity index (χ3n) is 5.38. The first-order valence-electron chi connectivity index (χ1n) is 9.17. The first-order chi connectivity index (χ1) is 14.0. The lowest BCUT2D eigenvalue weighted by atomic mass is 9.99. The van der Waals surface area contributed by atoms with Crippen molar-refractivity contribution in [2.75, 3.05) is 0 Å². The molecule has 2 aliphatic heterocycles. The van der Waals surface area contributed by atoms with E-state index in [1.54, 1.807) is 29.8 Å². The Morgan fingerprint density at radius 3 is 2.72 bits per heavy atom. The number of rotatable bonds is 3. The van der Waals surface area contributed by atoms with Crippen molar-refractivity contribution in [2.45, 2.75) is 25.4 Å². The first-order valence-corrected chi connectivity index (χ1v) is 10.0. The van der Waals surface area contributed by atoms with Gasteiger partial charge in [-0.25, -0.2) is 4.98 Å². The van der Waals surface area contributed by atoms with Crippen LogP contribution in [0.4, 0.5) is 0 Å². The van der Waals surface area contributed by atoms with Crippen LogP contribution >= 0.6 is 11.3 Å². The summed E-state index contributed by atoms with van der Waals surface area (Å²) < 4.78 is 0.941. The number of amides is 3. The van der Waals surface area contributed by atoms with E-state index in [1.165, 1.54) is 16.2 Å². The highest BCUT2D eigenvalue weighted by Gasteiger charge is 2.39. The molecule has 5 rings (SSSR count). The van der Waals surface area contributed by atoms with Crippen molar-refractivity contribution in [2.24, 2.45) is 0 Å². The lowest BCUT2D eigenvalue weighted by molar-refractivity contribution is -0.136. The van der Waals surface area contributed by atoms with Gasteiger partial charge in [0, 0.05) is 29.7 Å². The number of ketones is 1. The van der Waals surface area contributed by atoms with Crippen LogP contribution in [0.3, 0.4) is 0 Å². The van der Waals surface area contributed by atoms with Gasteiger partial charge in [0.1, 0.15) is 6.04 Å². The molecule has 0 aliphatic carbocycles. The Morgan fingerprint density at radius 2 is 1.90 bits per heavy atom. The summed E-state index contributed by atoms with van der Waals surface area (Å²) in [6.07, 6.45) is 0.519. The summed E-state index contributed by atoms with van der Waals surface area (Å²) in [6.45, 7) is 0.245. The van der Waals surface area contributed by atoms with Gasteiger partial charge in [0.25, 0.3) is 5.91 Å². The Morgan fingerprint density at radius 1 is 1.10 bits per heavy atom. The Bertz CT molecular complexity index is 1220. The highest BCUT2D eigenvalue weighted by Crippen LogP contribution is 2.29. The predicted molar refractivity (Wildman–Crippen MR) is 106 cm³/mol. The maximum Gasteiger partial charge on any atom is 0.255 e. The summed E-state index contributed by atoms with van der Waals surface area (Å²) in [7, 11) is 0. The monoisotopic (exact) mass is 405 g/mol. The molecule has 3 amide bonds. The molecule has 2 aliphatic rings. The number of benzene rings is 2. The topological polar surface area (TPSA) is 96.4 Å². The molecule has 0 spiro atoms. The summed E-state index contributed by atoms with van der Waals surface area (Å²) in [5.41, 5.74) is 4.85. The molecular formula is C21H15N3O4S. The summed E-state index contributed by atoms with van der Waals surface area (Å²) in [5, 5.41) is 2.29. The minimum Gasteiger partial charge on any atom is -0.322 e. The highest BCUT2D eigenvalue weighted by molar-refractivity contribution is 7.16. The lowest BCUT2D eigenvalue weighted by Crippen LogP contribution is -2.52. The number of nitrogens with one attached hydrogen (secondary N) is 1. The van der Waals surface area contributed by atoms with Crippen LogP contribution in [-0.4, -0.2) is 39.4 Å². The number of carbonyl (C=O) groups is 4. The largest absolute Gasteiger partial charge is 0.322 e. The molecule has 1 aromatic heterocycles. The molecule has 0 radical (unpaired) electrons. The van der Waals surface area contributed by atoms with Crippen LogP contribution in [0.2, 0.25) is 0 Å². The second kappa shape index (κ2) is 6.59. The van der Waals surface area contributed by atoms with E-state index in [0.29, 0.717) is 28.7 Å². The van der Waals surface area contributed by atoms with Gasteiger partial charge in [-0.05, 0) is 42.3 Å². The van der Waals surface area contributed by atoms with Gasteiger partial charge in [0.15, 0.2) is 5.78 Å². The molecule has 0 bridgehead atoms. The molecule has 1 atom stereocenters. The van der Waals surface area contributed by atoms with E-state index in [-0.39, 0.29) is 30.6 Å². The van der Waals surface area contributed by atoms with Crippen LogP contribution < -0.4 is 5.32 Å². The molecule has 3 aromatic rings. The van der Waals surface area contributed by atoms with Crippen molar-refractivity contribution in [1.29, 1.82) is 0 Å². The molecular weight excluding hydrogens is 390 g/mol. The predicted octanol–water partition coefficient (Wildman–Crippen LogP) is 2.29. The second-order valence-electron chi connectivity index (χ2n) is 7.14. The standard InChI is InChI=1S/C21H15N3O4S/c25-18-6-5-16(20(27)23-18)24-9-13-7-11(1-3-14(13)21(24)28)19(26)12-2-4-15-17(8-12)29-10-22-15/h1-4,7-8,10,16H,5-6,9H2,(H,23,25,27). The van der Waals surface area contributed by atoms with E-state index in [4.69, 9.17) is 0 Å². The number of hydrogen-bond acceptors (Lipinski definition) is 6. The number of nitrogens with zero attached hydrogens (tertiary/aromatic N) is 2. The van der Waals surface area contributed by atoms with Crippen LogP contribution in [0.15, 0.2) is 41.9 Å². The van der Waals surface area contributed by atoms with Crippen LogP contribution in [0.25, 0.3) is 10.2 Å². The van der Waals surface area contributed by atoms with Gasteiger partial charge in [0.2, 0.25) is 11.8 Å². The average Bonchev–Trinajstić information content (AvgIpc) is 3.31. The van der Waals surface area contributed by atoms with E-state index in [9.17, 15) is 19.2 Å². The number of fused-ring (bicyclic) bond motifs is 2. The fourth-order valence-corrected chi connectivity index (χ4v) is 4.60. The van der Waals surface area contributed by atoms with E-state index in [1.807, 2.05) is 12.1 Å². The molecule has 1 unspecified atom stereocenters. The Kier molecular flexibility index (Phi) is 4.02. The molecule has 0 saturated carbocycles. The minimum atomic E-state index is -0.666. The van der Waals surface area contributed by atoms with Crippen molar-refractivity contribution in [3.05, 3.63) is 64.2 Å². The van der Waals surface area contributed by atoms with Crippen LogP contribution in [0, 0.1) is 0 Å². The fourth-order valence-electron chi connectivity index (χ4n) is 3.88. The average molecular weight is 405 g/mol. The molecule has 7 nitrogen and oxygen atoms in total. The zero-order chi connectivity index (χ0) is 20.1. The Labute approximate surface area is 169 Å². The van der Waals surface area contributed by atoms with Crippen LogP contribution in [-0.2, 0) is 16.1 Å². The van der Waals surface area contributed by atoms with Crippen molar-refractivity contribution in [3.8, 4) is 0 Å². The zero-order valence-electron chi connectivity index (χ0n) is 15.2. The lowest BCUT2D eigenvalue weighted by Gasteiger charge is -2.29. The molecule has 144 valence electrons. The molecule has 8 heteroatoms. The maximum absolute atomic E-state index is 12.9. The number of piperidine rings is 1. The normalized spacial score (nSPS) is 18.8. The molecule has 1 saturated heterocycles. The Hall–Kier alpha value is -3.39. The molecule has 29 heavy (non-hydrogen) atoms. The quantitative estimate of drug-likeness (QED) is 0.533. The van der Waals surface area contributed by atoms with Crippen LogP contribution in [0.5, 0.6) is 0 Å². The SMILES string of the molecule is O=C1CCC(N2Cc3cc(C(=O)c4ccc5ncsc5c4)ccc3C2=O)C(=O)N1. The van der Waals surface area contributed by atoms with E-state index in [0.717, 1.165) is 10.2 Å². The smallest absolute Gasteiger partial charge is 0.255 e. The number of imide groups is 1.